The molecule has 0 fully saturated rings. The highest BCUT2D eigenvalue weighted by molar-refractivity contribution is 7.26. The molecule has 0 spiro atoms. The Morgan fingerprint density at radius 1 is 0.357 bits per heavy atom. The van der Waals surface area contributed by atoms with Gasteiger partial charge in [-0.1, -0.05) is 158 Å². The van der Waals surface area contributed by atoms with Gasteiger partial charge in [0.25, 0.3) is 0 Å². The fourth-order valence-electron chi connectivity index (χ4n) is 8.11. The van der Waals surface area contributed by atoms with Gasteiger partial charge in [-0.15, -0.1) is 11.3 Å². The van der Waals surface area contributed by atoms with E-state index in [0.717, 1.165) is 44.5 Å². The lowest BCUT2D eigenvalue weighted by atomic mass is 9.99. The van der Waals surface area contributed by atoms with Crippen molar-refractivity contribution in [2.75, 3.05) is 0 Å². The molecule has 0 amide bonds. The third kappa shape index (κ3) is 5.32. The summed E-state index contributed by atoms with van der Waals surface area (Å²) in [6.45, 7) is 0. The van der Waals surface area contributed by atoms with E-state index in [9.17, 15) is 0 Å². The maximum Gasteiger partial charge on any atom is 0.166 e. The van der Waals surface area contributed by atoms with Crippen LogP contribution < -0.4 is 0 Å². The summed E-state index contributed by atoms with van der Waals surface area (Å²) in [4.78, 5) is 15.9. The van der Waals surface area contributed by atoms with Crippen LogP contribution in [-0.4, -0.2) is 19.5 Å². The van der Waals surface area contributed by atoms with Gasteiger partial charge in [-0.2, -0.15) is 0 Å². The molecule has 0 radical (unpaired) electrons. The summed E-state index contributed by atoms with van der Waals surface area (Å²) in [6.07, 6.45) is 0. The molecule has 0 atom stereocenters. The van der Waals surface area contributed by atoms with Gasteiger partial charge in [0, 0.05) is 47.6 Å². The molecule has 0 saturated carbocycles. The number of rotatable bonds is 6. The average Bonchev–Trinajstić information content (AvgIpc) is 3.83. The lowest BCUT2D eigenvalue weighted by molar-refractivity contribution is 1.07. The normalized spacial score (nSPS) is 11.6. The molecule has 11 rings (SSSR count). The average molecular weight is 733 g/mol. The van der Waals surface area contributed by atoms with E-state index in [1.165, 1.54) is 42.1 Å². The highest BCUT2D eigenvalue weighted by atomic mass is 32.1. The van der Waals surface area contributed by atoms with Crippen LogP contribution in [0.25, 0.3) is 104 Å². The molecule has 0 bridgehead atoms. The highest BCUT2D eigenvalue weighted by Gasteiger charge is 2.22. The van der Waals surface area contributed by atoms with E-state index >= 15 is 0 Å². The minimum absolute atomic E-state index is 0.617. The second-order valence-electron chi connectivity index (χ2n) is 14.0. The molecule has 4 nitrogen and oxygen atoms in total. The van der Waals surface area contributed by atoms with E-state index in [2.05, 4.69) is 180 Å². The molecular formula is C51H32N4S. The van der Waals surface area contributed by atoms with Gasteiger partial charge < -0.3 is 4.57 Å². The van der Waals surface area contributed by atoms with Crippen LogP contribution in [0, 0.1) is 0 Å². The topological polar surface area (TPSA) is 43.6 Å². The Hall–Kier alpha value is -7.21. The van der Waals surface area contributed by atoms with Gasteiger partial charge in [0.15, 0.2) is 17.5 Å². The fourth-order valence-corrected chi connectivity index (χ4v) is 9.32. The first-order valence-corrected chi connectivity index (χ1v) is 19.6. The van der Waals surface area contributed by atoms with E-state index in [0.29, 0.717) is 17.5 Å². The van der Waals surface area contributed by atoms with E-state index < -0.39 is 0 Å². The van der Waals surface area contributed by atoms with Crippen LogP contribution >= 0.6 is 11.3 Å². The molecular weight excluding hydrogens is 701 g/mol. The largest absolute Gasteiger partial charge is 0.308 e. The molecule has 262 valence electrons. The number of para-hydroxylation sites is 1. The molecule has 0 saturated heterocycles. The number of aromatic nitrogens is 4. The Bertz CT molecular complexity index is 3240. The third-order valence-corrected chi connectivity index (χ3v) is 11.9. The fraction of sp³-hybridized carbons (Fsp3) is 0. The minimum atomic E-state index is 0.617. The van der Waals surface area contributed by atoms with Crippen molar-refractivity contribution in [1.82, 2.24) is 19.5 Å². The molecule has 0 unspecified atom stereocenters. The van der Waals surface area contributed by atoms with Crippen molar-refractivity contribution in [3.05, 3.63) is 194 Å². The summed E-state index contributed by atoms with van der Waals surface area (Å²) in [5, 5.41) is 4.85. The number of nitrogens with zero attached hydrogens (tertiary/aromatic N) is 4. The summed E-state index contributed by atoms with van der Waals surface area (Å²) in [6, 6.07) is 68.6. The molecule has 0 aliphatic rings. The van der Waals surface area contributed by atoms with Gasteiger partial charge in [-0.3, -0.25) is 0 Å². The summed E-state index contributed by atoms with van der Waals surface area (Å²) >= 11 is 1.78. The number of fused-ring (bicyclic) bond motifs is 6. The zero-order valence-corrected chi connectivity index (χ0v) is 31.0. The Kier molecular flexibility index (Phi) is 7.64. The van der Waals surface area contributed by atoms with Crippen molar-refractivity contribution in [3.8, 4) is 62.1 Å². The Labute approximate surface area is 327 Å². The molecule has 0 N–H and O–H groups in total. The number of thiophene rings is 1. The maximum atomic E-state index is 5.39. The monoisotopic (exact) mass is 732 g/mol. The van der Waals surface area contributed by atoms with Crippen molar-refractivity contribution < 1.29 is 0 Å². The van der Waals surface area contributed by atoms with Gasteiger partial charge in [-0.05, 0) is 58.7 Å². The second kappa shape index (κ2) is 13.3. The van der Waals surface area contributed by atoms with Crippen molar-refractivity contribution in [2.24, 2.45) is 0 Å². The summed E-state index contributed by atoms with van der Waals surface area (Å²) in [7, 11) is 0. The lowest BCUT2D eigenvalue weighted by Gasteiger charge is -2.17. The van der Waals surface area contributed by atoms with Gasteiger partial charge in [-0.25, -0.2) is 15.0 Å². The van der Waals surface area contributed by atoms with E-state index in [1.54, 1.807) is 11.3 Å². The van der Waals surface area contributed by atoms with Crippen LogP contribution in [0.4, 0.5) is 0 Å². The number of benzene rings is 8. The van der Waals surface area contributed by atoms with E-state index in [4.69, 9.17) is 15.0 Å². The summed E-state index contributed by atoms with van der Waals surface area (Å²) in [5.41, 5.74) is 10.7. The van der Waals surface area contributed by atoms with Crippen LogP contribution in [0.15, 0.2) is 194 Å². The predicted molar refractivity (Wildman–Crippen MR) is 234 cm³/mol. The van der Waals surface area contributed by atoms with Crippen LogP contribution in [-0.2, 0) is 0 Å². The molecule has 5 heteroatoms. The summed E-state index contributed by atoms with van der Waals surface area (Å²) in [5.74, 6) is 1.90. The Balaban J connectivity index is 1.22. The van der Waals surface area contributed by atoms with Gasteiger partial charge >= 0.3 is 0 Å². The standard InChI is InChI=1S/C51H32N4S/c1-4-16-33(17-5-1)36-30-31-41(45(32-36)55-43-27-12-10-23-40(43)47-37(24-15-28-44(47)55)34-18-6-2-7-19-34)50-52-49(35-20-8-3-9-21-35)53-51(54-50)42-26-14-25-39-38-22-11-13-29-46(38)56-48(39)42/h1-32H. The molecule has 56 heavy (non-hydrogen) atoms. The summed E-state index contributed by atoms with van der Waals surface area (Å²) < 4.78 is 4.81. The van der Waals surface area contributed by atoms with Crippen LogP contribution in [0.3, 0.4) is 0 Å². The lowest BCUT2D eigenvalue weighted by Crippen LogP contribution is -2.04. The maximum absolute atomic E-state index is 5.39. The van der Waals surface area contributed by atoms with Crippen LogP contribution in [0.5, 0.6) is 0 Å². The SMILES string of the molecule is c1ccc(-c2ccc(-c3nc(-c4ccccc4)nc(-c4cccc5c4sc4ccccc45)n3)c(-n3c4ccccc4c4c(-c5ccccc5)cccc43)c2)cc1. The first kappa shape index (κ1) is 32.2. The quantitative estimate of drug-likeness (QED) is 0.171. The number of hydrogen-bond donors (Lipinski definition) is 0. The van der Waals surface area contributed by atoms with Crippen LogP contribution in [0.1, 0.15) is 0 Å². The third-order valence-electron chi connectivity index (χ3n) is 10.7. The van der Waals surface area contributed by atoms with Gasteiger partial charge in [0.2, 0.25) is 0 Å². The first-order valence-electron chi connectivity index (χ1n) is 18.8. The molecule has 8 aromatic carbocycles. The minimum Gasteiger partial charge on any atom is -0.308 e. The smallest absolute Gasteiger partial charge is 0.166 e. The molecule has 3 aromatic heterocycles. The first-order chi connectivity index (χ1) is 27.8. The van der Waals surface area contributed by atoms with Crippen LogP contribution in [0.2, 0.25) is 0 Å². The zero-order chi connectivity index (χ0) is 37.0. The second-order valence-corrected chi connectivity index (χ2v) is 15.0. The van der Waals surface area contributed by atoms with Crippen molar-refractivity contribution >= 4 is 53.3 Å². The zero-order valence-electron chi connectivity index (χ0n) is 30.2. The number of hydrogen-bond acceptors (Lipinski definition) is 4. The molecule has 3 heterocycles. The molecule has 0 aliphatic heterocycles. The van der Waals surface area contributed by atoms with Gasteiger partial charge in [0.05, 0.1) is 16.7 Å². The van der Waals surface area contributed by atoms with Gasteiger partial charge in [0.1, 0.15) is 0 Å². The molecule has 0 aliphatic carbocycles. The molecule has 11 aromatic rings. The Morgan fingerprint density at radius 2 is 0.929 bits per heavy atom. The van der Waals surface area contributed by atoms with E-state index in [-0.39, 0.29) is 0 Å². The van der Waals surface area contributed by atoms with Crippen molar-refractivity contribution in [1.29, 1.82) is 0 Å². The highest BCUT2D eigenvalue weighted by Crippen LogP contribution is 2.43. The van der Waals surface area contributed by atoms with Crippen molar-refractivity contribution in [3.63, 3.8) is 0 Å². The van der Waals surface area contributed by atoms with Crippen molar-refractivity contribution in [2.45, 2.75) is 0 Å². The van der Waals surface area contributed by atoms with E-state index in [1.807, 2.05) is 18.2 Å². The Morgan fingerprint density at radius 3 is 1.71 bits per heavy atom. The predicted octanol–water partition coefficient (Wildman–Crippen LogP) is 13.7.